The lowest BCUT2D eigenvalue weighted by molar-refractivity contribution is -0.480. The third-order valence-corrected chi connectivity index (χ3v) is 9.97. The summed E-state index contributed by atoms with van der Waals surface area (Å²) in [6.45, 7) is 0.912. The lowest BCUT2D eigenvalue weighted by Gasteiger charge is -2.48. The summed E-state index contributed by atoms with van der Waals surface area (Å²) in [5.41, 5.74) is -1.69. The van der Waals surface area contributed by atoms with Crippen molar-refractivity contribution in [3.8, 4) is 0 Å². The van der Waals surface area contributed by atoms with E-state index in [0.717, 1.165) is 0 Å². The maximum atomic E-state index is 14.0. The molecule has 2 fully saturated rings. The van der Waals surface area contributed by atoms with Crippen molar-refractivity contribution in [2.24, 2.45) is 5.41 Å². The highest BCUT2D eigenvalue weighted by Gasteiger charge is 2.68. The number of benzene rings is 3. The number of hydrogen-bond donors (Lipinski definition) is 3. The van der Waals surface area contributed by atoms with Crippen LogP contribution in [0, 0.1) is 15.5 Å². The van der Waals surface area contributed by atoms with Crippen LogP contribution in [0.3, 0.4) is 0 Å². The van der Waals surface area contributed by atoms with Gasteiger partial charge in [-0.3, -0.25) is 25.1 Å². The second-order valence-corrected chi connectivity index (χ2v) is 13.4. The van der Waals surface area contributed by atoms with Crippen LogP contribution in [0.4, 0.5) is 4.79 Å². The summed E-state index contributed by atoms with van der Waals surface area (Å²) in [6, 6.07) is 26.0. The van der Waals surface area contributed by atoms with E-state index in [1.807, 2.05) is 36.4 Å². The number of unbranched alkanes of at least 4 members (excludes halogenated alkanes) is 1. The number of urea groups is 1. The Hall–Kier alpha value is -4.28. The summed E-state index contributed by atoms with van der Waals surface area (Å²) in [4.78, 5) is 39.6. The van der Waals surface area contributed by atoms with Gasteiger partial charge in [0.1, 0.15) is 30.0 Å². The Kier molecular flexibility index (Phi) is 12.4. The van der Waals surface area contributed by atoms with Crippen LogP contribution >= 0.6 is 0 Å². The van der Waals surface area contributed by atoms with Crippen molar-refractivity contribution in [2.75, 3.05) is 41.0 Å². The first-order valence-corrected chi connectivity index (χ1v) is 17.1. The maximum absolute atomic E-state index is 14.0. The van der Waals surface area contributed by atoms with Gasteiger partial charge in [-0.25, -0.2) is 4.79 Å². The minimum atomic E-state index is -2.13. The predicted octanol–water partition coefficient (Wildman–Crippen LogP) is 4.32. The van der Waals surface area contributed by atoms with Gasteiger partial charge in [0.2, 0.25) is 12.5 Å². The van der Waals surface area contributed by atoms with Crippen LogP contribution in [0.1, 0.15) is 61.2 Å². The SMILES string of the molecule is COC(c1ccccc1)C(O)[C@H]1O[C@@](OCCCC[N+](=O)[O-])(N2CC(C)(C(OC)c3ccccc3)C(=O)NC2=O)C[C@@]1(O)C(OC)c1ccccc1. The van der Waals surface area contributed by atoms with Gasteiger partial charge in [0, 0.05) is 39.2 Å². The molecule has 3 aromatic rings. The zero-order chi connectivity index (χ0) is 37.5. The Morgan fingerprint density at radius 1 is 0.885 bits per heavy atom. The summed E-state index contributed by atoms with van der Waals surface area (Å²) in [5, 5.41) is 38.7. The van der Waals surface area contributed by atoms with E-state index in [-0.39, 0.29) is 32.5 Å². The van der Waals surface area contributed by atoms with Crippen LogP contribution in [0.15, 0.2) is 91.0 Å². The zero-order valence-corrected chi connectivity index (χ0v) is 29.8. The molecule has 2 saturated heterocycles. The van der Waals surface area contributed by atoms with Crippen LogP contribution < -0.4 is 5.32 Å². The van der Waals surface area contributed by atoms with Crippen LogP contribution in [0.2, 0.25) is 0 Å². The van der Waals surface area contributed by atoms with Crippen molar-refractivity contribution in [2.45, 2.75) is 68.2 Å². The Labute approximate surface area is 302 Å². The number of methoxy groups -OCH3 is 3. The number of nitrogens with zero attached hydrogens (tertiary/aromatic N) is 2. The van der Waals surface area contributed by atoms with Gasteiger partial charge in [0.25, 0.3) is 5.91 Å². The van der Waals surface area contributed by atoms with Crippen molar-refractivity contribution in [3.05, 3.63) is 118 Å². The number of aliphatic hydroxyl groups is 2. The van der Waals surface area contributed by atoms with Gasteiger partial charge in [0.15, 0.2) is 0 Å². The molecule has 280 valence electrons. The largest absolute Gasteiger partial charge is 0.387 e. The molecular formula is C38H47N3O11. The standard InChI is InChI=1S/C38H47N3O11/c1-36(31(49-3)27-18-10-6-11-19-27)25-40(35(44)39-34(36)43)38(51-23-15-14-22-41(46)47)24-37(45,32(50-4)28-20-12-7-13-21-28)33(52-38)29(42)30(48-2)26-16-8-5-9-17-26/h5-13,16-21,29-33,42,45H,14-15,22-25H2,1-4H3,(H,39,43,44)/t29?,30?,31?,32?,33-,36?,37-,38-/m1/s1. The van der Waals surface area contributed by atoms with E-state index in [9.17, 15) is 29.9 Å². The van der Waals surface area contributed by atoms with E-state index >= 15 is 0 Å². The monoisotopic (exact) mass is 721 g/mol. The minimum absolute atomic E-state index is 0.136. The Balaban J connectivity index is 1.64. The molecule has 3 N–H and O–H groups in total. The number of aliphatic hydroxyl groups excluding tert-OH is 1. The van der Waals surface area contributed by atoms with Gasteiger partial charge >= 0.3 is 6.03 Å². The highest BCUT2D eigenvalue weighted by Crippen LogP contribution is 2.53. The van der Waals surface area contributed by atoms with Crippen LogP contribution in [0.25, 0.3) is 0 Å². The molecule has 3 aromatic carbocycles. The second-order valence-electron chi connectivity index (χ2n) is 13.4. The van der Waals surface area contributed by atoms with E-state index in [0.29, 0.717) is 16.7 Å². The summed E-state index contributed by atoms with van der Waals surface area (Å²) in [7, 11) is 4.30. The zero-order valence-electron chi connectivity index (χ0n) is 29.8. The Morgan fingerprint density at radius 3 is 1.94 bits per heavy atom. The first kappa shape index (κ1) is 38.9. The minimum Gasteiger partial charge on any atom is -0.387 e. The average Bonchev–Trinajstić information content (AvgIpc) is 3.45. The van der Waals surface area contributed by atoms with Crippen molar-refractivity contribution in [3.63, 3.8) is 0 Å². The third kappa shape index (κ3) is 7.74. The highest BCUT2D eigenvalue weighted by atomic mass is 16.7. The van der Waals surface area contributed by atoms with E-state index in [4.69, 9.17) is 23.7 Å². The van der Waals surface area contributed by atoms with Gasteiger partial charge in [-0.05, 0) is 30.0 Å². The molecule has 2 aliphatic rings. The highest BCUT2D eigenvalue weighted by molar-refractivity contribution is 6.00. The maximum Gasteiger partial charge on any atom is 0.328 e. The quantitative estimate of drug-likeness (QED) is 0.103. The van der Waals surface area contributed by atoms with Gasteiger partial charge in [-0.1, -0.05) is 91.0 Å². The number of amides is 3. The molecule has 3 amide bonds. The molecule has 0 spiro atoms. The average molecular weight is 722 g/mol. The van der Waals surface area contributed by atoms with E-state index < -0.39 is 70.7 Å². The van der Waals surface area contributed by atoms with Crippen LogP contribution in [-0.2, 0) is 28.5 Å². The van der Waals surface area contributed by atoms with E-state index in [2.05, 4.69) is 5.32 Å². The molecule has 14 nitrogen and oxygen atoms in total. The first-order chi connectivity index (χ1) is 24.9. The molecule has 5 rings (SSSR count). The van der Waals surface area contributed by atoms with Crippen LogP contribution in [0.5, 0.6) is 0 Å². The van der Waals surface area contributed by atoms with Crippen molar-refractivity contribution >= 4 is 11.9 Å². The van der Waals surface area contributed by atoms with Crippen LogP contribution in [-0.4, -0.2) is 96.7 Å². The molecule has 0 bridgehead atoms. The number of hydrogen-bond acceptors (Lipinski definition) is 11. The molecule has 52 heavy (non-hydrogen) atoms. The fourth-order valence-corrected chi connectivity index (χ4v) is 7.48. The number of carbonyl (C=O) groups is 2. The van der Waals surface area contributed by atoms with Gasteiger partial charge in [-0.2, -0.15) is 0 Å². The summed E-state index contributed by atoms with van der Waals surface area (Å²) >= 11 is 0. The second kappa shape index (κ2) is 16.6. The van der Waals surface area contributed by atoms with Gasteiger partial charge in [0.05, 0.1) is 24.5 Å². The molecule has 8 atom stereocenters. The summed E-state index contributed by atoms with van der Waals surface area (Å²) < 4.78 is 30.8. The molecule has 2 heterocycles. The summed E-state index contributed by atoms with van der Waals surface area (Å²) in [6.07, 6.45) is -6.16. The molecule has 0 saturated carbocycles. The molecule has 0 aliphatic carbocycles. The number of ether oxygens (including phenoxy) is 5. The number of carbonyl (C=O) groups excluding carboxylic acids is 2. The van der Waals surface area contributed by atoms with Crippen molar-refractivity contribution in [1.29, 1.82) is 0 Å². The van der Waals surface area contributed by atoms with Crippen molar-refractivity contribution in [1.82, 2.24) is 10.2 Å². The van der Waals surface area contributed by atoms with Gasteiger partial charge < -0.3 is 33.9 Å². The van der Waals surface area contributed by atoms with E-state index in [1.54, 1.807) is 61.5 Å². The third-order valence-electron chi connectivity index (χ3n) is 9.97. The molecule has 5 unspecified atom stereocenters. The van der Waals surface area contributed by atoms with E-state index in [1.165, 1.54) is 26.2 Å². The molecule has 0 radical (unpaired) electrons. The number of imide groups is 1. The molecule has 0 aromatic heterocycles. The fourth-order valence-electron chi connectivity index (χ4n) is 7.48. The normalized spacial score (nSPS) is 27.1. The molecular weight excluding hydrogens is 674 g/mol. The lowest BCUT2D eigenvalue weighted by Crippen LogP contribution is -2.68. The fraction of sp³-hybridized carbons (Fsp3) is 0.474. The Bertz CT molecular complexity index is 1650. The molecule has 2 aliphatic heterocycles. The first-order valence-electron chi connectivity index (χ1n) is 17.1. The number of rotatable bonds is 17. The number of nitrogens with one attached hydrogen (secondary N) is 1. The topological polar surface area (TPSA) is 179 Å². The van der Waals surface area contributed by atoms with Crippen molar-refractivity contribution < 1.29 is 48.4 Å². The molecule has 14 heteroatoms. The summed E-state index contributed by atoms with van der Waals surface area (Å²) in [5.74, 6) is -2.73. The number of nitro groups is 1. The van der Waals surface area contributed by atoms with Gasteiger partial charge in [-0.15, -0.1) is 0 Å². The smallest absolute Gasteiger partial charge is 0.328 e. The predicted molar refractivity (Wildman–Crippen MR) is 187 cm³/mol. The Morgan fingerprint density at radius 2 is 1.42 bits per heavy atom. The lowest BCUT2D eigenvalue weighted by atomic mass is 9.77.